The lowest BCUT2D eigenvalue weighted by Crippen LogP contribution is -2.38. The number of imide groups is 1. The second-order valence-electron chi connectivity index (χ2n) is 11.3. The number of esters is 1. The Hall–Kier alpha value is -3.89. The second-order valence-corrected chi connectivity index (χ2v) is 11.7. The zero-order valence-electron chi connectivity index (χ0n) is 28.8. The Kier molecular flexibility index (Phi) is 23.1. The van der Waals surface area contributed by atoms with Gasteiger partial charge in [-0.2, -0.15) is 0 Å². The molecule has 1 aromatic carbocycles. The van der Waals surface area contributed by atoms with Crippen molar-refractivity contribution in [2.24, 2.45) is 11.8 Å². The van der Waals surface area contributed by atoms with Gasteiger partial charge >= 0.3 is 18.0 Å². The molecule has 1 aliphatic carbocycles. The first-order valence-electron chi connectivity index (χ1n) is 15.9. The van der Waals surface area contributed by atoms with E-state index in [1.165, 1.54) is 11.6 Å². The van der Waals surface area contributed by atoms with Crippen molar-refractivity contribution in [3.05, 3.63) is 82.6 Å². The molecule has 0 spiro atoms. The first-order valence-corrected chi connectivity index (χ1v) is 16.3. The van der Waals surface area contributed by atoms with Crippen LogP contribution in [0.25, 0.3) is 0 Å². The van der Waals surface area contributed by atoms with Crippen LogP contribution >= 0.6 is 11.6 Å². The zero-order chi connectivity index (χ0) is 35.8. The van der Waals surface area contributed by atoms with Crippen LogP contribution in [-0.4, -0.2) is 60.0 Å². The van der Waals surface area contributed by atoms with E-state index < -0.39 is 36.1 Å². The number of ether oxygens (including phenoxy) is 2. The maximum absolute atomic E-state index is 11.4. The highest BCUT2D eigenvalue weighted by Crippen LogP contribution is 2.21. The van der Waals surface area contributed by atoms with E-state index in [-0.39, 0.29) is 18.3 Å². The number of rotatable bonds is 14. The molecule has 3 atom stereocenters. The predicted octanol–water partition coefficient (Wildman–Crippen LogP) is 6.84. The Labute approximate surface area is 284 Å². The van der Waals surface area contributed by atoms with Gasteiger partial charge in [0.2, 0.25) is 0 Å². The Bertz CT molecular complexity index is 1220. The summed E-state index contributed by atoms with van der Waals surface area (Å²) < 4.78 is 9.79. The van der Waals surface area contributed by atoms with E-state index in [1.54, 1.807) is 27.0 Å². The fourth-order valence-corrected chi connectivity index (χ4v) is 4.31. The van der Waals surface area contributed by atoms with Crippen molar-refractivity contribution in [3.8, 4) is 0 Å². The highest BCUT2D eigenvalue weighted by Gasteiger charge is 2.22. The number of hydrogen-bond donors (Lipinski definition) is 4. The van der Waals surface area contributed by atoms with Gasteiger partial charge in [0.25, 0.3) is 5.91 Å². The Balaban J connectivity index is 0.000000744. The molecule has 11 heteroatoms. The average molecular weight is 677 g/mol. The van der Waals surface area contributed by atoms with E-state index in [0.717, 1.165) is 24.2 Å². The van der Waals surface area contributed by atoms with E-state index >= 15 is 0 Å². The van der Waals surface area contributed by atoms with Crippen LogP contribution in [0.5, 0.6) is 0 Å². The van der Waals surface area contributed by atoms with Crippen molar-refractivity contribution in [3.63, 3.8) is 0 Å². The van der Waals surface area contributed by atoms with Gasteiger partial charge in [-0.25, -0.2) is 9.59 Å². The first kappa shape index (κ1) is 43.1. The van der Waals surface area contributed by atoms with E-state index in [4.69, 9.17) is 26.2 Å². The first-order chi connectivity index (χ1) is 22.2. The smallest absolute Gasteiger partial charge is 0.345 e. The van der Waals surface area contributed by atoms with Gasteiger partial charge < -0.3 is 25.0 Å². The summed E-state index contributed by atoms with van der Waals surface area (Å²) in [5, 5.41) is 24.3. The van der Waals surface area contributed by atoms with Crippen molar-refractivity contribution in [2.45, 2.75) is 92.3 Å². The SMILES string of the molecule is CCC(=O)OC(CC(C)C)C(=O)O.CCNC(=O)NC(=O)/C=C/CCC(C)C(O)Cc1ccccc1.COC1=CCC=C(C)C=C1Cl. The summed E-state index contributed by atoms with van der Waals surface area (Å²) in [4.78, 5) is 44.0. The van der Waals surface area contributed by atoms with Gasteiger partial charge in [-0.3, -0.25) is 14.9 Å². The lowest BCUT2D eigenvalue weighted by molar-refractivity contribution is -0.164. The third-order valence-electron chi connectivity index (χ3n) is 6.65. The maximum Gasteiger partial charge on any atom is 0.345 e. The summed E-state index contributed by atoms with van der Waals surface area (Å²) in [5.74, 6) is -0.881. The molecular weight excluding hydrogens is 624 g/mol. The van der Waals surface area contributed by atoms with Crippen molar-refractivity contribution < 1.29 is 38.9 Å². The van der Waals surface area contributed by atoms with Crippen LogP contribution in [0.4, 0.5) is 4.79 Å². The number of carbonyl (C=O) groups is 4. The largest absolute Gasteiger partial charge is 0.496 e. The molecule has 1 aliphatic rings. The number of hydrogen-bond acceptors (Lipinski definition) is 7. The molecular formula is C36H53ClN2O8. The molecule has 0 saturated heterocycles. The number of allylic oxidation sites excluding steroid dienone is 6. The lowest BCUT2D eigenvalue weighted by atomic mass is 9.94. The van der Waals surface area contributed by atoms with Crippen molar-refractivity contribution in [1.82, 2.24) is 10.6 Å². The van der Waals surface area contributed by atoms with Gasteiger partial charge in [0, 0.05) is 13.0 Å². The van der Waals surface area contributed by atoms with Crippen LogP contribution in [0, 0.1) is 11.8 Å². The van der Waals surface area contributed by atoms with Crippen LogP contribution in [-0.2, 0) is 30.3 Å². The number of methoxy groups -OCH3 is 1. The highest BCUT2D eigenvalue weighted by molar-refractivity contribution is 6.31. The Morgan fingerprint density at radius 1 is 1.06 bits per heavy atom. The summed E-state index contributed by atoms with van der Waals surface area (Å²) in [6.07, 6.45) is 11.2. The van der Waals surface area contributed by atoms with E-state index in [0.29, 0.717) is 30.8 Å². The number of urea groups is 1. The Morgan fingerprint density at radius 3 is 2.28 bits per heavy atom. The number of amides is 3. The Morgan fingerprint density at radius 2 is 1.72 bits per heavy atom. The van der Waals surface area contributed by atoms with Crippen molar-refractivity contribution >= 4 is 35.5 Å². The predicted molar refractivity (Wildman–Crippen MR) is 186 cm³/mol. The normalized spacial score (nSPS) is 14.3. The van der Waals surface area contributed by atoms with Crippen molar-refractivity contribution in [1.29, 1.82) is 0 Å². The minimum Gasteiger partial charge on any atom is -0.496 e. The summed E-state index contributed by atoms with van der Waals surface area (Å²) in [7, 11) is 1.63. The minimum atomic E-state index is -1.07. The molecule has 4 N–H and O–H groups in total. The molecule has 0 fully saturated rings. The molecule has 0 bridgehead atoms. The molecule has 0 saturated carbocycles. The molecule has 0 heterocycles. The second kappa shape index (κ2) is 25.2. The molecule has 47 heavy (non-hydrogen) atoms. The number of aliphatic hydroxyl groups excluding tert-OH is 1. The third-order valence-corrected chi connectivity index (χ3v) is 6.95. The van der Waals surface area contributed by atoms with E-state index in [2.05, 4.69) is 16.7 Å². The summed E-state index contributed by atoms with van der Waals surface area (Å²) in [6, 6.07) is 9.39. The number of nitrogens with one attached hydrogen (secondary N) is 2. The molecule has 10 nitrogen and oxygen atoms in total. The van der Waals surface area contributed by atoms with Gasteiger partial charge in [0.05, 0.1) is 18.2 Å². The monoisotopic (exact) mass is 676 g/mol. The molecule has 0 aromatic heterocycles. The fraction of sp³-hybridized carbons (Fsp3) is 0.500. The van der Waals surface area contributed by atoms with Crippen LogP contribution in [0.2, 0.25) is 0 Å². The molecule has 262 valence electrons. The summed E-state index contributed by atoms with van der Waals surface area (Å²) >= 11 is 5.91. The highest BCUT2D eigenvalue weighted by atomic mass is 35.5. The number of aliphatic hydroxyl groups is 1. The molecule has 3 amide bonds. The van der Waals surface area contributed by atoms with Crippen LogP contribution in [0.1, 0.15) is 79.2 Å². The van der Waals surface area contributed by atoms with Crippen LogP contribution in [0.3, 0.4) is 0 Å². The maximum atomic E-state index is 11.4. The van der Waals surface area contributed by atoms with Gasteiger partial charge in [0.15, 0.2) is 6.10 Å². The number of carbonyl (C=O) groups excluding carboxylic acids is 3. The third kappa shape index (κ3) is 21.5. The molecule has 0 aliphatic heterocycles. The quantitative estimate of drug-likeness (QED) is 0.124. The molecule has 2 rings (SSSR count). The average Bonchev–Trinajstić information content (AvgIpc) is 3.18. The summed E-state index contributed by atoms with van der Waals surface area (Å²) in [6.45, 7) is 11.7. The fourth-order valence-electron chi connectivity index (χ4n) is 3.99. The van der Waals surface area contributed by atoms with E-state index in [9.17, 15) is 24.3 Å². The van der Waals surface area contributed by atoms with Crippen LogP contribution < -0.4 is 10.6 Å². The van der Waals surface area contributed by atoms with Gasteiger partial charge in [-0.15, -0.1) is 0 Å². The van der Waals surface area contributed by atoms with Gasteiger partial charge in [0.1, 0.15) is 5.76 Å². The number of halogens is 1. The number of carboxylic acid groups (broad SMARTS) is 1. The molecule has 1 aromatic rings. The van der Waals surface area contributed by atoms with E-state index in [1.807, 2.05) is 70.2 Å². The lowest BCUT2D eigenvalue weighted by Gasteiger charge is -2.18. The number of aliphatic carboxylic acids is 1. The summed E-state index contributed by atoms with van der Waals surface area (Å²) in [5.41, 5.74) is 2.29. The number of carboxylic acids is 1. The minimum absolute atomic E-state index is 0.131. The molecule has 0 radical (unpaired) electrons. The van der Waals surface area contributed by atoms with Crippen LogP contribution in [0.15, 0.2) is 77.1 Å². The molecule has 3 unspecified atom stereocenters. The van der Waals surface area contributed by atoms with Gasteiger partial charge in [-0.05, 0) is 81.6 Å². The van der Waals surface area contributed by atoms with Gasteiger partial charge in [-0.1, -0.05) is 87.4 Å². The standard InChI is InChI=1S/C18H26N2O3.C9H11ClO.C9H16O4/c1-3-19-18(23)20-17(22)12-8-7-9-14(2)16(21)13-15-10-5-4-6-11-15;1-7-4-3-5-9(11-2)8(10)6-7;1-4-8(10)13-7(9(11)12)5-6(2)3/h4-6,8,10-12,14,16,21H,3,7,9,13H2,1-2H3,(H2,19,20,22,23);4-6H,3H2,1-2H3;6-7H,4-5H2,1-3H3,(H,11,12)/b12-8+;;. The topological polar surface area (TPSA) is 151 Å². The zero-order valence-corrected chi connectivity index (χ0v) is 29.5. The number of benzene rings is 1. The van der Waals surface area contributed by atoms with Crippen molar-refractivity contribution in [2.75, 3.05) is 13.7 Å².